The summed E-state index contributed by atoms with van der Waals surface area (Å²) < 4.78 is 13.8. The van der Waals surface area contributed by atoms with Gasteiger partial charge in [0.25, 0.3) is 0 Å². The minimum atomic E-state index is -0.365. The van der Waals surface area contributed by atoms with E-state index in [0.29, 0.717) is 22.0 Å². The van der Waals surface area contributed by atoms with Gasteiger partial charge in [0.15, 0.2) is 0 Å². The number of aromatic nitrogens is 1. The lowest BCUT2D eigenvalue weighted by Crippen LogP contribution is -2.47. The minimum Gasteiger partial charge on any atom is -0.507 e. The molecule has 7 nitrogen and oxygen atoms in total. The molecule has 4 rings (SSSR count). The summed E-state index contributed by atoms with van der Waals surface area (Å²) in [7, 11) is 0. The molecule has 1 aromatic heterocycles. The number of phenolic OH excluding ortho intramolecular Hbond substituents is 1. The zero-order chi connectivity index (χ0) is 24.8. The standard InChI is InChI=1S/C27H34BrN3O4/c1-3-15-34-16-14-29-10-12-30(13-11-29)19-24-26(27(33)35-4-2)21-17-25(32)22(28)18-23(21)31(24)20-8-6-5-7-9-20/h5-9,17-18,32H,3-4,10-16,19H2,1-2H3. The average molecular weight is 544 g/mol. The Kier molecular flexibility index (Phi) is 8.83. The maximum absolute atomic E-state index is 13.2. The van der Waals surface area contributed by atoms with E-state index >= 15 is 0 Å². The molecule has 2 heterocycles. The Balaban J connectivity index is 1.68. The average Bonchev–Trinajstić information content (AvgIpc) is 3.16. The highest BCUT2D eigenvalue weighted by molar-refractivity contribution is 9.10. The summed E-state index contributed by atoms with van der Waals surface area (Å²) in [6.45, 7) is 11.1. The lowest BCUT2D eigenvalue weighted by Gasteiger charge is -2.35. The first-order valence-corrected chi connectivity index (χ1v) is 13.1. The van der Waals surface area contributed by atoms with Gasteiger partial charge in [-0.1, -0.05) is 25.1 Å². The minimum absolute atomic E-state index is 0.0960. The molecule has 0 radical (unpaired) electrons. The molecule has 0 amide bonds. The highest BCUT2D eigenvalue weighted by Gasteiger charge is 2.28. The van der Waals surface area contributed by atoms with E-state index in [1.807, 2.05) is 43.3 Å². The number of halogens is 1. The predicted octanol–water partition coefficient (Wildman–Crippen LogP) is 4.82. The van der Waals surface area contributed by atoms with Crippen LogP contribution in [0.1, 0.15) is 36.3 Å². The number of benzene rings is 2. The number of carbonyl (C=O) groups excluding carboxylic acids is 1. The molecule has 1 fully saturated rings. The number of para-hydroxylation sites is 1. The van der Waals surface area contributed by atoms with Gasteiger partial charge in [0, 0.05) is 56.9 Å². The molecule has 0 saturated carbocycles. The van der Waals surface area contributed by atoms with Gasteiger partial charge >= 0.3 is 5.97 Å². The number of esters is 1. The van der Waals surface area contributed by atoms with Crippen LogP contribution in [0.3, 0.4) is 0 Å². The summed E-state index contributed by atoms with van der Waals surface area (Å²) in [6.07, 6.45) is 1.04. The van der Waals surface area contributed by atoms with Crippen molar-refractivity contribution in [2.45, 2.75) is 26.8 Å². The van der Waals surface area contributed by atoms with E-state index in [9.17, 15) is 9.90 Å². The largest absolute Gasteiger partial charge is 0.507 e. The van der Waals surface area contributed by atoms with Crippen LogP contribution in [-0.2, 0) is 16.0 Å². The molecular weight excluding hydrogens is 510 g/mol. The third kappa shape index (κ3) is 5.89. The molecule has 0 spiro atoms. The quantitative estimate of drug-likeness (QED) is 0.292. The van der Waals surface area contributed by atoms with Gasteiger partial charge < -0.3 is 19.1 Å². The third-order valence-corrected chi connectivity index (χ3v) is 7.00. The second-order valence-corrected chi connectivity index (χ2v) is 9.62. The molecule has 0 aliphatic carbocycles. The fraction of sp³-hybridized carbons (Fsp3) is 0.444. The number of aromatic hydroxyl groups is 1. The predicted molar refractivity (Wildman–Crippen MR) is 141 cm³/mol. The van der Waals surface area contributed by atoms with Crippen molar-refractivity contribution < 1.29 is 19.4 Å². The van der Waals surface area contributed by atoms with E-state index in [0.717, 1.165) is 69.3 Å². The van der Waals surface area contributed by atoms with Crippen molar-refractivity contribution in [1.29, 1.82) is 0 Å². The number of fused-ring (bicyclic) bond motifs is 1. The molecular formula is C27H34BrN3O4. The Morgan fingerprint density at radius 3 is 2.43 bits per heavy atom. The fourth-order valence-corrected chi connectivity index (χ4v) is 4.96. The van der Waals surface area contributed by atoms with E-state index < -0.39 is 0 Å². The van der Waals surface area contributed by atoms with Gasteiger partial charge in [-0.3, -0.25) is 9.80 Å². The van der Waals surface area contributed by atoms with Crippen molar-refractivity contribution in [1.82, 2.24) is 14.4 Å². The van der Waals surface area contributed by atoms with Crippen LogP contribution >= 0.6 is 15.9 Å². The topological polar surface area (TPSA) is 67.2 Å². The van der Waals surface area contributed by atoms with Crippen LogP contribution in [0.5, 0.6) is 5.75 Å². The molecule has 1 aliphatic rings. The Morgan fingerprint density at radius 2 is 1.74 bits per heavy atom. The Morgan fingerprint density at radius 1 is 1.03 bits per heavy atom. The normalized spacial score (nSPS) is 15.1. The van der Waals surface area contributed by atoms with Crippen LogP contribution < -0.4 is 0 Å². The fourth-order valence-electron chi connectivity index (χ4n) is 4.62. The summed E-state index contributed by atoms with van der Waals surface area (Å²) in [5, 5.41) is 11.1. The Hall–Kier alpha value is -2.39. The number of ether oxygens (including phenoxy) is 2. The molecule has 3 aromatic rings. The number of rotatable bonds is 10. The van der Waals surface area contributed by atoms with Crippen molar-refractivity contribution in [3.05, 3.63) is 58.2 Å². The highest BCUT2D eigenvalue weighted by Crippen LogP contribution is 2.37. The van der Waals surface area contributed by atoms with E-state index in [1.54, 1.807) is 6.07 Å². The maximum atomic E-state index is 13.2. The first-order valence-electron chi connectivity index (χ1n) is 12.3. The molecule has 0 unspecified atom stereocenters. The number of nitrogens with zero attached hydrogens (tertiary/aromatic N) is 3. The van der Waals surface area contributed by atoms with Gasteiger partial charge in [0.05, 0.1) is 34.5 Å². The molecule has 8 heteroatoms. The second kappa shape index (κ2) is 12.0. The number of piperazine rings is 1. The van der Waals surface area contributed by atoms with Crippen molar-refractivity contribution in [2.75, 3.05) is 52.5 Å². The van der Waals surface area contributed by atoms with Gasteiger partial charge in [0.1, 0.15) is 5.75 Å². The molecule has 188 valence electrons. The Bertz CT molecular complexity index is 1140. The summed E-state index contributed by atoms with van der Waals surface area (Å²) >= 11 is 3.45. The maximum Gasteiger partial charge on any atom is 0.340 e. The summed E-state index contributed by atoms with van der Waals surface area (Å²) in [4.78, 5) is 18.0. The van der Waals surface area contributed by atoms with Gasteiger partial charge in [0.2, 0.25) is 0 Å². The van der Waals surface area contributed by atoms with E-state index in [-0.39, 0.29) is 18.3 Å². The first-order chi connectivity index (χ1) is 17.0. The van der Waals surface area contributed by atoms with Crippen molar-refractivity contribution in [3.8, 4) is 11.4 Å². The van der Waals surface area contributed by atoms with Crippen LogP contribution in [0.25, 0.3) is 16.6 Å². The van der Waals surface area contributed by atoms with Crippen LogP contribution in [0.2, 0.25) is 0 Å². The molecule has 1 saturated heterocycles. The third-order valence-electron chi connectivity index (χ3n) is 6.37. The van der Waals surface area contributed by atoms with Gasteiger partial charge in [-0.2, -0.15) is 0 Å². The summed E-state index contributed by atoms with van der Waals surface area (Å²) in [5.74, 6) is -0.269. The molecule has 0 atom stereocenters. The zero-order valence-electron chi connectivity index (χ0n) is 20.5. The lowest BCUT2D eigenvalue weighted by atomic mass is 10.1. The Labute approximate surface area is 215 Å². The zero-order valence-corrected chi connectivity index (χ0v) is 22.1. The molecule has 2 aromatic carbocycles. The van der Waals surface area contributed by atoms with E-state index in [2.05, 4.69) is 37.2 Å². The van der Waals surface area contributed by atoms with Crippen molar-refractivity contribution in [3.63, 3.8) is 0 Å². The SMILES string of the molecule is CCCOCCN1CCN(Cc2c(C(=O)OCC)c3cc(O)c(Br)cc3n2-c2ccccc2)CC1. The van der Waals surface area contributed by atoms with Crippen LogP contribution in [0.15, 0.2) is 46.9 Å². The van der Waals surface area contributed by atoms with Gasteiger partial charge in [-0.15, -0.1) is 0 Å². The van der Waals surface area contributed by atoms with Crippen LogP contribution in [-0.4, -0.2) is 78.0 Å². The lowest BCUT2D eigenvalue weighted by molar-refractivity contribution is 0.0522. The summed E-state index contributed by atoms with van der Waals surface area (Å²) in [6, 6.07) is 13.6. The van der Waals surface area contributed by atoms with Crippen molar-refractivity contribution >= 4 is 32.8 Å². The molecule has 35 heavy (non-hydrogen) atoms. The van der Waals surface area contributed by atoms with Gasteiger partial charge in [-0.05, 0) is 53.5 Å². The smallest absolute Gasteiger partial charge is 0.340 e. The van der Waals surface area contributed by atoms with Gasteiger partial charge in [-0.25, -0.2) is 4.79 Å². The van der Waals surface area contributed by atoms with Crippen LogP contribution in [0, 0.1) is 0 Å². The van der Waals surface area contributed by atoms with Crippen molar-refractivity contribution in [2.24, 2.45) is 0 Å². The first kappa shape index (κ1) is 25.7. The van der Waals surface area contributed by atoms with Crippen LogP contribution in [0.4, 0.5) is 0 Å². The molecule has 1 N–H and O–H groups in total. The second-order valence-electron chi connectivity index (χ2n) is 8.76. The highest BCUT2D eigenvalue weighted by atomic mass is 79.9. The number of hydrogen-bond donors (Lipinski definition) is 1. The molecule has 1 aliphatic heterocycles. The summed E-state index contributed by atoms with van der Waals surface area (Å²) in [5.41, 5.74) is 3.21. The number of carbonyl (C=O) groups is 1. The molecule has 0 bridgehead atoms. The monoisotopic (exact) mass is 543 g/mol. The van der Waals surface area contributed by atoms with E-state index in [1.165, 1.54) is 0 Å². The number of hydrogen-bond acceptors (Lipinski definition) is 6. The van der Waals surface area contributed by atoms with E-state index in [4.69, 9.17) is 9.47 Å². The number of phenols is 1.